The van der Waals surface area contributed by atoms with Gasteiger partial charge < -0.3 is 8.98 Å². The van der Waals surface area contributed by atoms with Crippen LogP contribution in [0.1, 0.15) is 26.4 Å². The summed E-state index contributed by atoms with van der Waals surface area (Å²) in [6.07, 6.45) is 0. The van der Waals surface area contributed by atoms with E-state index in [0.717, 1.165) is 38.9 Å². The second-order valence-electron chi connectivity index (χ2n) is 7.76. The lowest BCUT2D eigenvalue weighted by atomic mass is 9.96. The number of hydrogen-bond acceptors (Lipinski definition) is 3. The average molecular weight is 424 g/mol. The summed E-state index contributed by atoms with van der Waals surface area (Å²) in [5, 5.41) is 1.43. The summed E-state index contributed by atoms with van der Waals surface area (Å²) in [4.78, 5) is 9.26. The van der Waals surface area contributed by atoms with Gasteiger partial charge in [0.1, 0.15) is 11.4 Å². The molecule has 32 heavy (non-hydrogen) atoms. The number of aromatic nitrogens is 3. The van der Waals surface area contributed by atoms with E-state index in [2.05, 4.69) is 16.5 Å². The lowest BCUT2D eigenvalue weighted by Gasteiger charge is -2.10. The third kappa shape index (κ3) is 2.76. The molecule has 0 amide bonds. The van der Waals surface area contributed by atoms with Crippen molar-refractivity contribution in [2.75, 3.05) is 0 Å². The smallest absolute Gasteiger partial charge is 0.227 e. The number of benzene rings is 3. The molecule has 0 spiro atoms. The summed E-state index contributed by atoms with van der Waals surface area (Å²) in [5.74, 6) is 0.734. The van der Waals surface area contributed by atoms with E-state index in [4.69, 9.17) is 17.6 Å². The van der Waals surface area contributed by atoms with Gasteiger partial charge in [-0.15, -0.1) is 0 Å². The molecule has 3 aromatic carbocycles. The molecule has 0 aliphatic carbocycles. The van der Waals surface area contributed by atoms with Crippen molar-refractivity contribution in [2.24, 2.45) is 0 Å². The van der Waals surface area contributed by atoms with Crippen LogP contribution in [0.5, 0.6) is 0 Å². The van der Waals surface area contributed by atoms with Gasteiger partial charge in [0.15, 0.2) is 0 Å². The summed E-state index contributed by atoms with van der Waals surface area (Å²) in [7, 11) is 0. The van der Waals surface area contributed by atoms with Gasteiger partial charge in [-0.25, -0.2) is 9.97 Å². The Kier molecular flexibility index (Phi) is 2.97. The van der Waals surface area contributed by atoms with Crippen molar-refractivity contribution < 1.29 is 12.6 Å². The molecule has 0 fully saturated rings. The normalized spacial score (nSPS) is 15.3. The molecule has 0 saturated carbocycles. The zero-order valence-corrected chi connectivity index (χ0v) is 17.4. The molecule has 3 aromatic heterocycles. The molecule has 0 radical (unpaired) electrons. The summed E-state index contributed by atoms with van der Waals surface area (Å²) >= 11 is 0. The molecule has 0 unspecified atom stereocenters. The Bertz CT molecular complexity index is 1830. The van der Waals surface area contributed by atoms with E-state index in [0.29, 0.717) is 17.5 Å². The highest BCUT2D eigenvalue weighted by atomic mass is 16.3. The van der Waals surface area contributed by atoms with Gasteiger partial charge in [0.05, 0.1) is 16.6 Å². The number of para-hydroxylation sites is 2. The Hall–Kier alpha value is -3.92. The van der Waals surface area contributed by atoms with Crippen LogP contribution in [0.15, 0.2) is 77.2 Å². The molecule has 0 aliphatic rings. The first-order chi connectivity index (χ1) is 18.1. The van der Waals surface area contributed by atoms with Crippen LogP contribution in [-0.4, -0.2) is 14.5 Å². The van der Waals surface area contributed by atoms with E-state index < -0.39 is 13.7 Å². The molecular formula is C28H23N3O. The molecule has 4 heteroatoms. The zero-order chi connectivity index (χ0) is 26.8. The molecule has 0 saturated heterocycles. The van der Waals surface area contributed by atoms with Crippen molar-refractivity contribution in [3.05, 3.63) is 84.1 Å². The van der Waals surface area contributed by atoms with Crippen molar-refractivity contribution in [3.63, 3.8) is 0 Å². The van der Waals surface area contributed by atoms with Crippen molar-refractivity contribution in [1.29, 1.82) is 0 Å². The maximum atomic E-state index is 7.79. The number of pyridine rings is 1. The predicted octanol–water partition coefficient (Wildman–Crippen LogP) is 7.30. The number of fused-ring (bicyclic) bond motifs is 4. The number of nitrogens with zero attached hydrogens (tertiary/aromatic N) is 3. The summed E-state index contributed by atoms with van der Waals surface area (Å²) in [6, 6.07) is 21.8. The fourth-order valence-corrected chi connectivity index (χ4v) is 4.43. The van der Waals surface area contributed by atoms with E-state index in [1.165, 1.54) is 6.07 Å². The molecule has 0 aliphatic heterocycles. The summed E-state index contributed by atoms with van der Waals surface area (Å²) in [5.41, 5.74) is 5.22. The Morgan fingerprint density at radius 3 is 2.53 bits per heavy atom. The minimum absolute atomic E-state index is 0.0463. The second kappa shape index (κ2) is 7.06. The second-order valence-corrected chi connectivity index (χ2v) is 7.76. The van der Waals surface area contributed by atoms with Crippen LogP contribution in [0.3, 0.4) is 0 Å². The molecule has 4 nitrogen and oxygen atoms in total. The quantitative estimate of drug-likeness (QED) is 0.300. The van der Waals surface area contributed by atoms with Crippen molar-refractivity contribution >= 4 is 33.1 Å². The Morgan fingerprint density at radius 1 is 0.875 bits per heavy atom. The predicted molar refractivity (Wildman–Crippen MR) is 131 cm³/mol. The molecule has 6 rings (SSSR count). The maximum absolute atomic E-state index is 7.79. The summed E-state index contributed by atoms with van der Waals surface area (Å²) < 4.78 is 54.9. The molecule has 156 valence electrons. The highest BCUT2D eigenvalue weighted by Gasteiger charge is 2.21. The Labute approximate surface area is 194 Å². The van der Waals surface area contributed by atoms with Gasteiger partial charge in [-0.2, -0.15) is 0 Å². The molecule has 6 aromatic rings. The van der Waals surface area contributed by atoms with Gasteiger partial charge in [0.25, 0.3) is 0 Å². The number of aryl methyl sites for hydroxylation is 3. The van der Waals surface area contributed by atoms with Gasteiger partial charge in [0.2, 0.25) is 5.71 Å². The largest absolute Gasteiger partial charge is 0.437 e. The Balaban J connectivity index is 1.66. The monoisotopic (exact) mass is 423 g/mol. The first-order valence-electron chi connectivity index (χ1n) is 13.5. The van der Waals surface area contributed by atoms with Gasteiger partial charge in [0, 0.05) is 31.2 Å². The number of rotatable bonds is 3. The van der Waals surface area contributed by atoms with Crippen molar-refractivity contribution in [3.8, 4) is 22.5 Å². The number of imidazole rings is 1. The SMILES string of the molecule is [2H]C([2H])([2H])c1ccc(-c2ccc(-c3nc4ccccc4n3CC)c3oc4nc(C([2H])([2H])[2H])ccc4c23)cc1. The standard InChI is InChI=1S/C28H23N3O/c1-4-31-24-8-6-5-7-23(24)30-27(31)22-16-15-20(19-12-9-17(2)10-13-19)25-21-14-11-18(3)29-28(21)32-26(22)25/h5-16H,4H2,1-3H3/i2D3,3D3. The highest BCUT2D eigenvalue weighted by Crippen LogP contribution is 2.41. The van der Waals surface area contributed by atoms with Crippen molar-refractivity contribution in [2.45, 2.75) is 27.2 Å². The summed E-state index contributed by atoms with van der Waals surface area (Å²) in [6.45, 7) is -1.83. The van der Waals surface area contributed by atoms with Crippen LogP contribution in [0.4, 0.5) is 0 Å². The van der Waals surface area contributed by atoms with Crippen LogP contribution >= 0.6 is 0 Å². The van der Waals surface area contributed by atoms with E-state index in [1.807, 2.05) is 36.4 Å². The third-order valence-electron chi connectivity index (χ3n) is 5.89. The lowest BCUT2D eigenvalue weighted by Crippen LogP contribution is -1.98. The first kappa shape index (κ1) is 13.5. The third-order valence-corrected chi connectivity index (χ3v) is 5.89. The van der Waals surface area contributed by atoms with Gasteiger partial charge in [-0.05, 0) is 62.1 Å². The van der Waals surface area contributed by atoms with Gasteiger partial charge in [-0.3, -0.25) is 0 Å². The zero-order valence-electron chi connectivity index (χ0n) is 23.4. The molecule has 3 heterocycles. The Morgan fingerprint density at radius 2 is 1.72 bits per heavy atom. The van der Waals surface area contributed by atoms with Crippen LogP contribution < -0.4 is 0 Å². The molecule has 0 atom stereocenters. The van der Waals surface area contributed by atoms with Crippen LogP contribution in [0.2, 0.25) is 0 Å². The molecule has 0 N–H and O–H groups in total. The minimum atomic E-state index is -2.37. The van der Waals surface area contributed by atoms with Gasteiger partial charge in [-0.1, -0.05) is 48.0 Å². The molecular weight excluding hydrogens is 394 g/mol. The van der Waals surface area contributed by atoms with E-state index in [9.17, 15) is 0 Å². The van der Waals surface area contributed by atoms with Crippen LogP contribution in [0, 0.1) is 13.7 Å². The number of hydrogen-bond donors (Lipinski definition) is 0. The first-order valence-corrected chi connectivity index (χ1v) is 10.5. The van der Waals surface area contributed by atoms with Crippen molar-refractivity contribution in [1.82, 2.24) is 14.5 Å². The fraction of sp³-hybridized carbons (Fsp3) is 0.143. The lowest BCUT2D eigenvalue weighted by molar-refractivity contribution is 0.652. The number of furan rings is 1. The minimum Gasteiger partial charge on any atom is -0.437 e. The van der Waals surface area contributed by atoms with Crippen LogP contribution in [-0.2, 0) is 6.54 Å². The van der Waals surface area contributed by atoms with Gasteiger partial charge >= 0.3 is 0 Å². The van der Waals surface area contributed by atoms with E-state index in [1.54, 1.807) is 30.3 Å². The highest BCUT2D eigenvalue weighted by molar-refractivity contribution is 6.15. The maximum Gasteiger partial charge on any atom is 0.227 e. The fourth-order valence-electron chi connectivity index (χ4n) is 4.43. The van der Waals surface area contributed by atoms with E-state index in [-0.39, 0.29) is 17.0 Å². The molecule has 0 bridgehead atoms. The van der Waals surface area contributed by atoms with Crippen LogP contribution in [0.25, 0.3) is 55.6 Å². The average Bonchev–Trinajstić information content (AvgIpc) is 3.45. The topological polar surface area (TPSA) is 43.9 Å². The van der Waals surface area contributed by atoms with E-state index >= 15 is 0 Å².